The quantitative estimate of drug-likeness (QED) is 0.0822. The number of aryl methyl sites for hydroxylation is 1. The lowest BCUT2D eigenvalue weighted by atomic mass is 10.0. The van der Waals surface area contributed by atoms with E-state index in [4.69, 9.17) is 5.73 Å². The fraction of sp³-hybridized carbons (Fsp3) is 0.312. The summed E-state index contributed by atoms with van der Waals surface area (Å²) in [4.78, 5) is 74.5. The molecular formula is C32H38N8O5S. The van der Waals surface area contributed by atoms with Crippen LogP contribution in [-0.4, -0.2) is 74.4 Å². The molecule has 0 bridgehead atoms. The highest BCUT2D eigenvalue weighted by molar-refractivity contribution is 7.80. The smallest absolute Gasteiger partial charge is 0.244 e. The molecule has 242 valence electrons. The SMILES string of the molecule is CC(=O)N[C@@H](Cc1cnc[nH]1)C(=O)N[C@@H](CCc1ccccc1)C(=O)N[C@@H](CS)C(=O)N[C@@H](Cc1c[nH]c2ccccc12)C(N)=O. The van der Waals surface area contributed by atoms with Crippen molar-refractivity contribution in [2.24, 2.45) is 5.73 Å². The molecule has 14 heteroatoms. The number of carbonyl (C=O) groups is 5. The van der Waals surface area contributed by atoms with E-state index in [2.05, 4.69) is 48.8 Å². The fourth-order valence-electron chi connectivity index (χ4n) is 5.05. The van der Waals surface area contributed by atoms with E-state index in [1.807, 2.05) is 54.6 Å². The summed E-state index contributed by atoms with van der Waals surface area (Å²) in [6.45, 7) is 1.29. The summed E-state index contributed by atoms with van der Waals surface area (Å²) in [5.41, 5.74) is 8.86. The maximum Gasteiger partial charge on any atom is 0.244 e. The maximum absolute atomic E-state index is 13.6. The van der Waals surface area contributed by atoms with Crippen LogP contribution in [0.15, 0.2) is 73.3 Å². The normalized spacial score (nSPS) is 13.6. The van der Waals surface area contributed by atoms with Crippen molar-refractivity contribution in [3.63, 3.8) is 0 Å². The van der Waals surface area contributed by atoms with Gasteiger partial charge in [-0.25, -0.2) is 4.98 Å². The number of rotatable bonds is 16. The number of imidazole rings is 1. The number of nitrogens with zero attached hydrogens (tertiary/aromatic N) is 1. The van der Waals surface area contributed by atoms with E-state index in [0.29, 0.717) is 12.1 Å². The van der Waals surface area contributed by atoms with Gasteiger partial charge in [-0.1, -0.05) is 48.5 Å². The average molecular weight is 647 g/mol. The molecule has 0 spiro atoms. The Bertz CT molecular complexity index is 1640. The Morgan fingerprint density at radius 1 is 0.804 bits per heavy atom. The molecule has 4 rings (SSSR count). The van der Waals surface area contributed by atoms with Crippen molar-refractivity contribution in [3.8, 4) is 0 Å². The Labute approximate surface area is 271 Å². The summed E-state index contributed by atoms with van der Waals surface area (Å²) in [6, 6.07) is 12.7. The van der Waals surface area contributed by atoms with Gasteiger partial charge in [0.15, 0.2) is 0 Å². The van der Waals surface area contributed by atoms with Gasteiger partial charge in [-0.15, -0.1) is 0 Å². The lowest BCUT2D eigenvalue weighted by molar-refractivity contribution is -0.134. The van der Waals surface area contributed by atoms with Gasteiger partial charge in [0, 0.05) is 54.5 Å². The number of carbonyl (C=O) groups excluding carboxylic acids is 5. The van der Waals surface area contributed by atoms with E-state index in [9.17, 15) is 24.0 Å². The van der Waals surface area contributed by atoms with Crippen LogP contribution >= 0.6 is 12.6 Å². The first-order chi connectivity index (χ1) is 22.1. The summed E-state index contributed by atoms with van der Waals surface area (Å²) < 4.78 is 0. The highest BCUT2D eigenvalue weighted by Crippen LogP contribution is 2.19. The third kappa shape index (κ3) is 9.44. The molecule has 2 heterocycles. The lowest BCUT2D eigenvalue weighted by Crippen LogP contribution is -2.59. The molecule has 0 aliphatic heterocycles. The molecule has 4 atom stereocenters. The molecule has 0 saturated carbocycles. The van der Waals surface area contributed by atoms with Gasteiger partial charge in [-0.2, -0.15) is 12.6 Å². The number of thiol groups is 1. The standard InChI is InChI=1S/C32H38N8O5S/c1-19(41)37-27(14-22-16-34-18-36-22)31(44)38-25(12-11-20-7-3-2-4-8-20)30(43)40-28(17-46)32(45)39-26(29(33)42)13-21-15-35-24-10-6-5-9-23(21)24/h2-10,15-16,18,25-28,35,46H,11-14,17H2,1H3,(H2,33,42)(H,34,36)(H,37,41)(H,38,44)(H,39,45)(H,40,43)/t25-,26-,27-,28-/m0/s1. The van der Waals surface area contributed by atoms with Gasteiger partial charge in [-0.05, 0) is 30.0 Å². The molecule has 0 fully saturated rings. The number of para-hydroxylation sites is 1. The van der Waals surface area contributed by atoms with Gasteiger partial charge >= 0.3 is 0 Å². The second-order valence-electron chi connectivity index (χ2n) is 10.9. The third-order valence-corrected chi connectivity index (χ3v) is 7.81. The second-order valence-corrected chi connectivity index (χ2v) is 11.3. The van der Waals surface area contributed by atoms with E-state index in [0.717, 1.165) is 22.0 Å². The number of nitrogens with two attached hydrogens (primary N) is 1. The molecule has 0 unspecified atom stereocenters. The van der Waals surface area contributed by atoms with Crippen molar-refractivity contribution in [2.75, 3.05) is 5.75 Å². The van der Waals surface area contributed by atoms with Gasteiger partial charge in [0.1, 0.15) is 24.2 Å². The number of primary amides is 1. The average Bonchev–Trinajstić information content (AvgIpc) is 3.71. The van der Waals surface area contributed by atoms with Gasteiger partial charge in [0.05, 0.1) is 6.33 Å². The Hall–Kier alpha value is -5.11. The summed E-state index contributed by atoms with van der Waals surface area (Å²) in [7, 11) is 0. The van der Waals surface area contributed by atoms with E-state index in [1.165, 1.54) is 19.4 Å². The first-order valence-electron chi connectivity index (χ1n) is 14.8. The number of aromatic amines is 2. The Kier molecular flexibility index (Phi) is 11.9. The second kappa shape index (κ2) is 16.3. The molecule has 0 saturated heterocycles. The number of nitrogens with one attached hydrogen (secondary N) is 6. The molecule has 2 aromatic heterocycles. The van der Waals surface area contributed by atoms with Crippen molar-refractivity contribution in [1.82, 2.24) is 36.2 Å². The summed E-state index contributed by atoms with van der Waals surface area (Å²) >= 11 is 4.27. The molecule has 0 aliphatic rings. The van der Waals surface area contributed by atoms with Gasteiger partial charge in [0.2, 0.25) is 29.5 Å². The molecule has 4 aromatic rings. The highest BCUT2D eigenvalue weighted by Gasteiger charge is 2.31. The highest BCUT2D eigenvalue weighted by atomic mass is 32.1. The fourth-order valence-corrected chi connectivity index (χ4v) is 5.31. The monoisotopic (exact) mass is 646 g/mol. The van der Waals surface area contributed by atoms with Gasteiger partial charge in [0.25, 0.3) is 0 Å². The number of benzene rings is 2. The van der Waals surface area contributed by atoms with Crippen LogP contribution in [-0.2, 0) is 43.2 Å². The van der Waals surface area contributed by atoms with Crippen molar-refractivity contribution in [1.29, 1.82) is 0 Å². The molecule has 13 nitrogen and oxygen atoms in total. The largest absolute Gasteiger partial charge is 0.368 e. The Morgan fingerprint density at radius 3 is 2.13 bits per heavy atom. The molecule has 8 N–H and O–H groups in total. The molecular weight excluding hydrogens is 608 g/mol. The Balaban J connectivity index is 1.47. The zero-order valence-corrected chi connectivity index (χ0v) is 26.2. The lowest BCUT2D eigenvalue weighted by Gasteiger charge is -2.25. The van der Waals surface area contributed by atoms with Gasteiger partial charge in [-0.3, -0.25) is 24.0 Å². The number of fused-ring (bicyclic) bond motifs is 1. The zero-order chi connectivity index (χ0) is 33.1. The maximum atomic E-state index is 13.6. The van der Waals surface area contributed by atoms with Crippen molar-refractivity contribution < 1.29 is 24.0 Å². The van der Waals surface area contributed by atoms with Crippen LogP contribution in [0.25, 0.3) is 10.9 Å². The van der Waals surface area contributed by atoms with E-state index >= 15 is 0 Å². The molecule has 0 aliphatic carbocycles. The van der Waals surface area contributed by atoms with Crippen molar-refractivity contribution in [3.05, 3.63) is 90.1 Å². The van der Waals surface area contributed by atoms with E-state index in [-0.39, 0.29) is 25.0 Å². The predicted molar refractivity (Wildman–Crippen MR) is 176 cm³/mol. The van der Waals surface area contributed by atoms with Crippen LogP contribution in [0, 0.1) is 0 Å². The van der Waals surface area contributed by atoms with Crippen LogP contribution in [0.3, 0.4) is 0 Å². The predicted octanol–water partition coefficient (Wildman–Crippen LogP) is 0.683. The van der Waals surface area contributed by atoms with Crippen LogP contribution in [0.1, 0.15) is 30.2 Å². The minimum absolute atomic E-state index is 0.0934. The first kappa shape index (κ1) is 33.8. The molecule has 2 aromatic carbocycles. The first-order valence-corrected chi connectivity index (χ1v) is 15.4. The number of amides is 5. The Morgan fingerprint density at radius 2 is 1.46 bits per heavy atom. The van der Waals surface area contributed by atoms with Crippen LogP contribution in [0.5, 0.6) is 0 Å². The third-order valence-electron chi connectivity index (χ3n) is 7.44. The van der Waals surface area contributed by atoms with E-state index in [1.54, 1.807) is 6.20 Å². The van der Waals surface area contributed by atoms with E-state index < -0.39 is 53.7 Å². The minimum Gasteiger partial charge on any atom is -0.368 e. The summed E-state index contributed by atoms with van der Waals surface area (Å²) in [5, 5.41) is 11.6. The van der Waals surface area contributed by atoms with Crippen LogP contribution < -0.4 is 27.0 Å². The van der Waals surface area contributed by atoms with Crippen LogP contribution in [0.4, 0.5) is 0 Å². The number of H-pyrrole nitrogens is 2. The summed E-state index contributed by atoms with van der Waals surface area (Å²) in [6.07, 6.45) is 5.64. The van der Waals surface area contributed by atoms with Crippen LogP contribution in [0.2, 0.25) is 0 Å². The molecule has 46 heavy (non-hydrogen) atoms. The van der Waals surface area contributed by atoms with Crippen molar-refractivity contribution in [2.45, 2.75) is 56.8 Å². The number of hydrogen-bond acceptors (Lipinski definition) is 7. The number of hydrogen-bond donors (Lipinski definition) is 8. The molecule has 5 amide bonds. The topological polar surface area (TPSA) is 204 Å². The van der Waals surface area contributed by atoms with Crippen molar-refractivity contribution >= 4 is 53.1 Å². The van der Waals surface area contributed by atoms with Gasteiger partial charge < -0.3 is 37.0 Å². The summed E-state index contributed by atoms with van der Waals surface area (Å²) in [5.74, 6) is -3.13. The zero-order valence-electron chi connectivity index (χ0n) is 25.3. The number of aromatic nitrogens is 3. The molecule has 0 radical (unpaired) electrons. The minimum atomic E-state index is -1.15.